The molecule has 0 fully saturated rings. The van der Waals surface area contributed by atoms with Crippen LogP contribution in [0.2, 0.25) is 0 Å². The number of hydrogen-bond donors (Lipinski definition) is 0. The summed E-state index contributed by atoms with van der Waals surface area (Å²) in [6.45, 7) is 0. The van der Waals surface area contributed by atoms with Crippen molar-refractivity contribution >= 4 is 43.5 Å². The van der Waals surface area contributed by atoms with Gasteiger partial charge in [0.25, 0.3) is 0 Å². The summed E-state index contributed by atoms with van der Waals surface area (Å²) in [6.07, 6.45) is 4.84. The van der Waals surface area contributed by atoms with Crippen LogP contribution in [0.25, 0.3) is 0 Å². The Balaban J connectivity index is 2.75. The lowest BCUT2D eigenvalue weighted by molar-refractivity contribution is 0.704. The Bertz CT molecular complexity index is 57.0. The average Bonchev–Trinajstić information content (AvgIpc) is 1.80. The summed E-state index contributed by atoms with van der Waals surface area (Å²) in [6, 6.07) is 0. The summed E-state index contributed by atoms with van der Waals surface area (Å²) in [5.74, 6) is 0.801. The van der Waals surface area contributed by atoms with Crippen LogP contribution in [-0.4, -0.2) is 9.62 Å². The zero-order valence-corrected chi connectivity index (χ0v) is 9.17. The second-order valence-corrected chi connectivity index (χ2v) is 5.75. The summed E-state index contributed by atoms with van der Waals surface area (Å²) in [5.41, 5.74) is 0. The van der Waals surface area contributed by atoms with Crippen molar-refractivity contribution in [1.29, 1.82) is 0 Å². The van der Waals surface area contributed by atoms with E-state index < -0.39 is 0 Å². The van der Waals surface area contributed by atoms with Gasteiger partial charge in [-0.25, -0.2) is 0 Å². The Morgan fingerprint density at radius 1 is 1.11 bits per heavy atom. The van der Waals surface area contributed by atoms with E-state index in [0.717, 1.165) is 12.3 Å². The van der Waals surface area contributed by atoms with Crippen LogP contribution in [0, 0.1) is 0 Å². The van der Waals surface area contributed by atoms with Gasteiger partial charge in [0.2, 0.25) is 0 Å². The Labute approximate surface area is 78.6 Å². The zero-order chi connectivity index (χ0) is 7.11. The summed E-state index contributed by atoms with van der Waals surface area (Å²) in [4.78, 5) is 0. The highest BCUT2D eigenvalue weighted by Gasteiger charge is 1.95. The molecule has 0 saturated heterocycles. The molecular formula is C6H11Br2Cl. The topological polar surface area (TPSA) is 0 Å². The van der Waals surface area contributed by atoms with E-state index in [-0.39, 0.29) is 0 Å². The zero-order valence-electron chi connectivity index (χ0n) is 5.25. The van der Waals surface area contributed by atoms with E-state index in [4.69, 9.17) is 11.6 Å². The maximum Gasteiger partial charge on any atom is 0.0697 e. The number of unbranched alkanes of at least 4 members (excludes halogenated alkanes) is 2. The third-order valence-corrected chi connectivity index (χ3v) is 2.24. The molecule has 0 spiro atoms. The first kappa shape index (κ1) is 10.2. The number of hydrogen-bond acceptors (Lipinski definition) is 0. The molecule has 3 heteroatoms. The molecule has 0 aromatic rings. The first-order valence-electron chi connectivity index (χ1n) is 3.11. The molecule has 0 aliphatic rings. The van der Waals surface area contributed by atoms with Gasteiger partial charge in [0.05, 0.1) is 3.74 Å². The fraction of sp³-hybridized carbons (Fsp3) is 1.00. The van der Waals surface area contributed by atoms with Crippen molar-refractivity contribution in [2.45, 2.75) is 29.4 Å². The second kappa shape index (κ2) is 7.36. The van der Waals surface area contributed by atoms with Crippen molar-refractivity contribution in [1.82, 2.24) is 0 Å². The molecule has 0 saturated carbocycles. The van der Waals surface area contributed by atoms with Gasteiger partial charge in [0.1, 0.15) is 0 Å². The lowest BCUT2D eigenvalue weighted by Crippen LogP contribution is -1.85. The van der Waals surface area contributed by atoms with Gasteiger partial charge in [0, 0.05) is 5.88 Å². The molecule has 0 aliphatic heterocycles. The third kappa shape index (κ3) is 9.25. The molecule has 0 unspecified atom stereocenters. The standard InChI is InChI=1S/C6H11Br2Cl/c7-6(8)4-2-1-3-5-9/h6H,1-5H2. The first-order chi connectivity index (χ1) is 4.27. The summed E-state index contributed by atoms with van der Waals surface area (Å²) in [7, 11) is 0. The SMILES string of the molecule is ClCCCCCC(Br)Br. The Hall–Kier alpha value is 1.25. The van der Waals surface area contributed by atoms with Crippen molar-refractivity contribution in [3.8, 4) is 0 Å². The van der Waals surface area contributed by atoms with Crippen LogP contribution in [0.5, 0.6) is 0 Å². The lowest BCUT2D eigenvalue weighted by atomic mass is 10.2. The minimum Gasteiger partial charge on any atom is -0.127 e. The molecule has 0 rings (SSSR count). The van der Waals surface area contributed by atoms with E-state index in [1.54, 1.807) is 0 Å². The Kier molecular flexibility index (Phi) is 8.38. The van der Waals surface area contributed by atoms with E-state index in [9.17, 15) is 0 Å². The molecular weight excluding hydrogens is 267 g/mol. The first-order valence-corrected chi connectivity index (χ1v) is 5.48. The largest absolute Gasteiger partial charge is 0.127 e. The smallest absolute Gasteiger partial charge is 0.0697 e. The van der Waals surface area contributed by atoms with Crippen LogP contribution in [-0.2, 0) is 0 Å². The minimum atomic E-state index is 0.486. The highest BCUT2D eigenvalue weighted by Crippen LogP contribution is 2.16. The lowest BCUT2D eigenvalue weighted by Gasteiger charge is -1.98. The minimum absolute atomic E-state index is 0.486. The monoisotopic (exact) mass is 276 g/mol. The van der Waals surface area contributed by atoms with Gasteiger partial charge in [-0.3, -0.25) is 0 Å². The van der Waals surface area contributed by atoms with E-state index in [1.165, 1.54) is 19.3 Å². The molecule has 0 N–H and O–H groups in total. The molecule has 0 amide bonds. The van der Waals surface area contributed by atoms with Crippen molar-refractivity contribution < 1.29 is 0 Å². The second-order valence-electron chi connectivity index (χ2n) is 1.93. The fourth-order valence-electron chi connectivity index (χ4n) is 0.570. The van der Waals surface area contributed by atoms with Crippen LogP contribution in [0.1, 0.15) is 25.7 Å². The van der Waals surface area contributed by atoms with Gasteiger partial charge in [-0.15, -0.1) is 11.6 Å². The predicted octanol–water partition coefficient (Wildman–Crippen LogP) is 3.90. The summed E-state index contributed by atoms with van der Waals surface area (Å²) < 4.78 is 0.486. The van der Waals surface area contributed by atoms with Gasteiger partial charge >= 0.3 is 0 Å². The summed E-state index contributed by atoms with van der Waals surface area (Å²) in [5, 5.41) is 0. The number of halogens is 3. The van der Waals surface area contributed by atoms with Gasteiger partial charge < -0.3 is 0 Å². The van der Waals surface area contributed by atoms with E-state index >= 15 is 0 Å². The van der Waals surface area contributed by atoms with Crippen LogP contribution in [0.4, 0.5) is 0 Å². The van der Waals surface area contributed by atoms with Crippen LogP contribution >= 0.6 is 43.5 Å². The molecule has 0 heterocycles. The van der Waals surface area contributed by atoms with Crippen LogP contribution < -0.4 is 0 Å². The highest BCUT2D eigenvalue weighted by atomic mass is 79.9. The molecule has 9 heavy (non-hydrogen) atoms. The number of rotatable bonds is 5. The number of alkyl halides is 3. The molecule has 56 valence electrons. The molecule has 0 aliphatic carbocycles. The highest BCUT2D eigenvalue weighted by molar-refractivity contribution is 9.24. The molecule has 0 bridgehead atoms. The van der Waals surface area contributed by atoms with Crippen LogP contribution in [0.3, 0.4) is 0 Å². The molecule has 0 aromatic heterocycles. The average molecular weight is 278 g/mol. The molecule has 0 aromatic carbocycles. The normalized spacial score (nSPS) is 10.7. The van der Waals surface area contributed by atoms with Crippen molar-refractivity contribution in [2.24, 2.45) is 0 Å². The van der Waals surface area contributed by atoms with Gasteiger partial charge in [-0.05, 0) is 12.8 Å². The van der Waals surface area contributed by atoms with Crippen LogP contribution in [0.15, 0.2) is 0 Å². The predicted molar refractivity (Wildman–Crippen MR) is 50.8 cm³/mol. The Morgan fingerprint density at radius 2 is 1.78 bits per heavy atom. The maximum absolute atomic E-state index is 5.49. The van der Waals surface area contributed by atoms with E-state index in [2.05, 4.69) is 31.9 Å². The molecule has 0 atom stereocenters. The van der Waals surface area contributed by atoms with Crippen molar-refractivity contribution in [3.63, 3.8) is 0 Å². The van der Waals surface area contributed by atoms with E-state index in [1.807, 2.05) is 0 Å². The van der Waals surface area contributed by atoms with Crippen molar-refractivity contribution in [3.05, 3.63) is 0 Å². The Morgan fingerprint density at radius 3 is 2.22 bits per heavy atom. The maximum atomic E-state index is 5.49. The van der Waals surface area contributed by atoms with Gasteiger partial charge in [-0.1, -0.05) is 44.7 Å². The molecule has 0 nitrogen and oxygen atoms in total. The fourth-order valence-corrected chi connectivity index (χ4v) is 1.41. The quantitative estimate of drug-likeness (QED) is 0.528. The van der Waals surface area contributed by atoms with Gasteiger partial charge in [0.15, 0.2) is 0 Å². The third-order valence-electron chi connectivity index (χ3n) is 1.06. The van der Waals surface area contributed by atoms with Crippen molar-refractivity contribution in [2.75, 3.05) is 5.88 Å². The van der Waals surface area contributed by atoms with Gasteiger partial charge in [-0.2, -0.15) is 0 Å². The summed E-state index contributed by atoms with van der Waals surface area (Å²) >= 11 is 12.3. The van der Waals surface area contributed by atoms with E-state index in [0.29, 0.717) is 3.74 Å². The molecule has 0 radical (unpaired) electrons.